The fourth-order valence-corrected chi connectivity index (χ4v) is 3.23. The van der Waals surface area contributed by atoms with Gasteiger partial charge in [0.25, 0.3) is 5.91 Å². The van der Waals surface area contributed by atoms with Crippen LogP contribution < -0.4 is 10.1 Å². The number of ether oxygens (including phenoxy) is 1. The van der Waals surface area contributed by atoms with Crippen molar-refractivity contribution in [3.8, 4) is 16.9 Å². The van der Waals surface area contributed by atoms with Crippen molar-refractivity contribution >= 4 is 28.9 Å². The molecule has 7 heteroatoms. The van der Waals surface area contributed by atoms with Gasteiger partial charge in [0.05, 0.1) is 23.9 Å². The van der Waals surface area contributed by atoms with E-state index in [4.69, 9.17) is 9.84 Å². The largest absolute Gasteiger partial charge is 0.497 e. The molecule has 2 aromatic carbocycles. The van der Waals surface area contributed by atoms with E-state index in [1.807, 2.05) is 6.07 Å². The Morgan fingerprint density at radius 1 is 1.08 bits per heavy atom. The lowest BCUT2D eigenvalue weighted by atomic mass is 10.0. The molecule has 26 heavy (non-hydrogen) atoms. The molecule has 5 nitrogen and oxygen atoms in total. The summed E-state index contributed by atoms with van der Waals surface area (Å²) in [4.78, 5) is 23.3. The molecule has 0 spiro atoms. The second-order valence-corrected chi connectivity index (χ2v) is 6.13. The summed E-state index contributed by atoms with van der Waals surface area (Å²) in [6, 6.07) is 11.6. The number of hydrogen-bond donors (Lipinski definition) is 2. The van der Waals surface area contributed by atoms with Crippen LogP contribution in [0.1, 0.15) is 20.7 Å². The van der Waals surface area contributed by atoms with E-state index >= 15 is 0 Å². The molecule has 1 heterocycles. The van der Waals surface area contributed by atoms with Crippen LogP contribution in [0.4, 0.5) is 10.1 Å². The molecule has 0 fully saturated rings. The van der Waals surface area contributed by atoms with Gasteiger partial charge in [-0.3, -0.25) is 4.79 Å². The first-order chi connectivity index (χ1) is 12.5. The minimum Gasteiger partial charge on any atom is -0.497 e. The van der Waals surface area contributed by atoms with E-state index in [2.05, 4.69) is 5.32 Å². The van der Waals surface area contributed by atoms with Gasteiger partial charge in [-0.1, -0.05) is 18.2 Å². The number of aromatic carboxylic acids is 1. The Morgan fingerprint density at radius 3 is 2.50 bits per heavy atom. The van der Waals surface area contributed by atoms with Crippen molar-refractivity contribution in [2.45, 2.75) is 0 Å². The predicted octanol–water partition coefficient (Wildman–Crippen LogP) is 4.51. The van der Waals surface area contributed by atoms with Gasteiger partial charge in [0.1, 0.15) is 11.6 Å². The highest BCUT2D eigenvalue weighted by molar-refractivity contribution is 7.08. The molecule has 3 aromatic rings. The lowest BCUT2D eigenvalue weighted by Crippen LogP contribution is -2.15. The number of anilines is 1. The van der Waals surface area contributed by atoms with Crippen LogP contribution in [0.3, 0.4) is 0 Å². The number of hydrogen-bond acceptors (Lipinski definition) is 4. The average molecular weight is 371 g/mol. The lowest BCUT2D eigenvalue weighted by molar-refractivity contribution is 0.0693. The summed E-state index contributed by atoms with van der Waals surface area (Å²) in [6.07, 6.45) is 0. The third kappa shape index (κ3) is 3.57. The third-order valence-corrected chi connectivity index (χ3v) is 4.50. The molecule has 0 bridgehead atoms. The van der Waals surface area contributed by atoms with Gasteiger partial charge in [-0.15, -0.1) is 0 Å². The second-order valence-electron chi connectivity index (χ2n) is 5.38. The summed E-state index contributed by atoms with van der Waals surface area (Å²) in [7, 11) is 1.55. The minimum absolute atomic E-state index is 0.00114. The van der Waals surface area contributed by atoms with Crippen LogP contribution in [0.5, 0.6) is 5.75 Å². The zero-order valence-electron chi connectivity index (χ0n) is 13.7. The minimum atomic E-state index is -1.20. The Labute approximate surface area is 152 Å². The summed E-state index contributed by atoms with van der Waals surface area (Å²) in [5, 5.41) is 14.3. The van der Waals surface area contributed by atoms with Gasteiger partial charge in [-0.05, 0) is 35.4 Å². The summed E-state index contributed by atoms with van der Waals surface area (Å²) < 4.78 is 19.6. The monoisotopic (exact) mass is 371 g/mol. The van der Waals surface area contributed by atoms with Crippen molar-refractivity contribution in [1.82, 2.24) is 0 Å². The van der Waals surface area contributed by atoms with Gasteiger partial charge in [-0.2, -0.15) is 11.3 Å². The van der Waals surface area contributed by atoms with Gasteiger partial charge in [-0.25, -0.2) is 9.18 Å². The maximum absolute atomic E-state index is 14.4. The lowest BCUT2D eigenvalue weighted by Gasteiger charge is -2.09. The highest BCUT2D eigenvalue weighted by Crippen LogP contribution is 2.27. The molecule has 1 amide bonds. The van der Waals surface area contributed by atoms with E-state index in [1.54, 1.807) is 31.4 Å². The summed E-state index contributed by atoms with van der Waals surface area (Å²) in [6.45, 7) is 0. The molecule has 0 atom stereocenters. The number of thiophene rings is 1. The fraction of sp³-hybridized carbons (Fsp3) is 0.0526. The molecule has 2 N–H and O–H groups in total. The Kier molecular flexibility index (Phi) is 4.99. The van der Waals surface area contributed by atoms with Crippen molar-refractivity contribution in [3.63, 3.8) is 0 Å². The number of carbonyl (C=O) groups is 2. The fourth-order valence-electron chi connectivity index (χ4n) is 2.43. The van der Waals surface area contributed by atoms with Crippen LogP contribution in [-0.4, -0.2) is 24.1 Å². The molecular formula is C19H14FNO4S. The number of carboxylic acid groups (broad SMARTS) is 1. The van der Waals surface area contributed by atoms with E-state index in [9.17, 15) is 14.0 Å². The highest BCUT2D eigenvalue weighted by Gasteiger charge is 2.19. The number of rotatable bonds is 5. The first kappa shape index (κ1) is 17.6. The summed E-state index contributed by atoms with van der Waals surface area (Å²) >= 11 is 1.09. The molecule has 0 unspecified atom stereocenters. The van der Waals surface area contributed by atoms with Crippen LogP contribution in [-0.2, 0) is 0 Å². The zero-order valence-corrected chi connectivity index (χ0v) is 14.5. The van der Waals surface area contributed by atoms with E-state index in [-0.39, 0.29) is 16.8 Å². The van der Waals surface area contributed by atoms with Crippen LogP contribution in [0.25, 0.3) is 11.1 Å². The maximum atomic E-state index is 14.4. The summed E-state index contributed by atoms with van der Waals surface area (Å²) in [5.74, 6) is -1.84. The number of nitrogens with one attached hydrogen (secondary N) is 1. The number of methoxy groups -OCH3 is 1. The van der Waals surface area contributed by atoms with Crippen LogP contribution in [0.15, 0.2) is 53.2 Å². The van der Waals surface area contributed by atoms with E-state index in [1.165, 1.54) is 22.9 Å². The van der Waals surface area contributed by atoms with Crippen molar-refractivity contribution < 1.29 is 23.8 Å². The Balaban J connectivity index is 1.85. The quantitative estimate of drug-likeness (QED) is 0.692. The van der Waals surface area contributed by atoms with E-state index in [0.29, 0.717) is 11.3 Å². The third-order valence-electron chi connectivity index (χ3n) is 3.76. The number of carboxylic acids is 1. The Morgan fingerprint density at radius 2 is 1.81 bits per heavy atom. The maximum Gasteiger partial charge on any atom is 0.337 e. The molecular weight excluding hydrogens is 357 g/mol. The molecule has 0 aliphatic carbocycles. The van der Waals surface area contributed by atoms with Crippen LogP contribution in [0, 0.1) is 5.82 Å². The first-order valence-corrected chi connectivity index (χ1v) is 8.48. The molecule has 3 rings (SSSR count). The number of benzene rings is 2. The van der Waals surface area contributed by atoms with Gasteiger partial charge in [0.2, 0.25) is 0 Å². The Bertz CT molecular complexity index is 983. The molecule has 1 aromatic heterocycles. The highest BCUT2D eigenvalue weighted by atomic mass is 32.1. The van der Waals surface area contributed by atoms with Gasteiger partial charge in [0.15, 0.2) is 0 Å². The van der Waals surface area contributed by atoms with E-state index < -0.39 is 17.7 Å². The van der Waals surface area contributed by atoms with Crippen molar-refractivity contribution in [3.05, 3.63) is 70.2 Å². The smallest absolute Gasteiger partial charge is 0.337 e. The topological polar surface area (TPSA) is 75.6 Å². The van der Waals surface area contributed by atoms with Gasteiger partial charge >= 0.3 is 5.97 Å². The Hall–Kier alpha value is -3.19. The molecule has 132 valence electrons. The van der Waals surface area contributed by atoms with E-state index in [0.717, 1.165) is 16.9 Å². The molecule has 0 radical (unpaired) electrons. The average Bonchev–Trinajstić information content (AvgIpc) is 3.13. The SMILES string of the molecule is COc1cccc(-c2ccc(NC(=O)c3cscc3C(=O)O)c(F)c2)c1. The van der Waals surface area contributed by atoms with Crippen molar-refractivity contribution in [1.29, 1.82) is 0 Å². The van der Waals surface area contributed by atoms with Crippen LogP contribution in [0.2, 0.25) is 0 Å². The number of amides is 1. The van der Waals surface area contributed by atoms with Crippen LogP contribution >= 0.6 is 11.3 Å². The number of carbonyl (C=O) groups excluding carboxylic acids is 1. The normalized spacial score (nSPS) is 10.4. The van der Waals surface area contributed by atoms with Crippen molar-refractivity contribution in [2.75, 3.05) is 12.4 Å². The zero-order chi connectivity index (χ0) is 18.7. The second kappa shape index (κ2) is 7.37. The van der Waals surface area contributed by atoms with Gasteiger partial charge < -0.3 is 15.2 Å². The molecule has 0 saturated carbocycles. The standard InChI is InChI=1S/C19H14FNO4S/c1-25-13-4-2-3-11(7-13)12-5-6-17(16(20)8-12)21-18(22)14-9-26-10-15(14)19(23)24/h2-10H,1H3,(H,21,22)(H,23,24). The molecule has 0 aliphatic heterocycles. The van der Waals surface area contributed by atoms with Gasteiger partial charge in [0, 0.05) is 10.8 Å². The number of halogens is 1. The first-order valence-electron chi connectivity index (χ1n) is 7.54. The summed E-state index contributed by atoms with van der Waals surface area (Å²) in [5.41, 5.74) is 1.26. The predicted molar refractivity (Wildman–Crippen MR) is 97.6 cm³/mol. The molecule has 0 aliphatic rings. The molecule has 0 saturated heterocycles. The van der Waals surface area contributed by atoms with Crippen molar-refractivity contribution in [2.24, 2.45) is 0 Å².